The van der Waals surface area contributed by atoms with Crippen LogP contribution in [0.1, 0.15) is 41.1 Å². The fourth-order valence-corrected chi connectivity index (χ4v) is 3.95. The maximum Gasteiger partial charge on any atom is 0.270 e. The summed E-state index contributed by atoms with van der Waals surface area (Å²) in [6, 6.07) is 20.3. The summed E-state index contributed by atoms with van der Waals surface area (Å²) in [6.07, 6.45) is 1.69. The minimum Gasteiger partial charge on any atom is -0.383 e. The van der Waals surface area contributed by atoms with Crippen molar-refractivity contribution in [3.05, 3.63) is 94.5 Å². The number of rotatable bonds is 3. The molecule has 1 atom stereocenters. The monoisotopic (exact) mass is 384 g/mol. The standard InChI is InChI=1S/C23H20N4O2/c24-14-17-20(15-8-3-1-4-9-15)21-18(12-7-13-19(21)28)27(22(17)25)26-23(29)16-10-5-2-6-11-16/h1-6,8-11,20H,7,12-13,25H2,(H,26,29). The molecular formula is C23H20N4O2. The van der Waals surface area contributed by atoms with Gasteiger partial charge >= 0.3 is 0 Å². The molecule has 1 aliphatic heterocycles. The molecule has 0 bridgehead atoms. The highest BCUT2D eigenvalue weighted by atomic mass is 16.2. The number of nitrogens with one attached hydrogen (secondary N) is 1. The molecule has 1 unspecified atom stereocenters. The van der Waals surface area contributed by atoms with Gasteiger partial charge in [-0.15, -0.1) is 0 Å². The number of nitrogens with zero attached hydrogens (tertiary/aromatic N) is 2. The van der Waals surface area contributed by atoms with Gasteiger partial charge in [-0.2, -0.15) is 5.26 Å². The first kappa shape index (κ1) is 18.5. The molecule has 4 rings (SSSR count). The van der Waals surface area contributed by atoms with Gasteiger partial charge in [-0.3, -0.25) is 15.0 Å². The number of ketones is 1. The predicted molar refractivity (Wildman–Crippen MR) is 108 cm³/mol. The van der Waals surface area contributed by atoms with Gasteiger partial charge in [0.05, 0.1) is 17.6 Å². The number of hydrogen-bond acceptors (Lipinski definition) is 5. The average Bonchev–Trinajstić information content (AvgIpc) is 2.76. The van der Waals surface area contributed by atoms with Crippen LogP contribution in [0.4, 0.5) is 0 Å². The van der Waals surface area contributed by atoms with E-state index in [0.29, 0.717) is 36.1 Å². The third kappa shape index (κ3) is 3.27. The van der Waals surface area contributed by atoms with E-state index >= 15 is 0 Å². The minimum absolute atomic E-state index is 0.0145. The molecule has 0 spiro atoms. The lowest BCUT2D eigenvalue weighted by Crippen LogP contribution is -2.48. The van der Waals surface area contributed by atoms with E-state index in [2.05, 4.69) is 11.5 Å². The van der Waals surface area contributed by atoms with Crippen molar-refractivity contribution in [1.29, 1.82) is 5.26 Å². The number of nitrogens with two attached hydrogens (primary N) is 1. The van der Waals surface area contributed by atoms with E-state index in [1.807, 2.05) is 36.4 Å². The van der Waals surface area contributed by atoms with E-state index in [1.54, 1.807) is 24.3 Å². The minimum atomic E-state index is -0.520. The van der Waals surface area contributed by atoms with Gasteiger partial charge in [-0.1, -0.05) is 48.5 Å². The van der Waals surface area contributed by atoms with Gasteiger partial charge in [-0.25, -0.2) is 5.01 Å². The number of carbonyl (C=O) groups is 2. The van der Waals surface area contributed by atoms with Crippen LogP contribution in [0, 0.1) is 11.3 Å². The Kier molecular flexibility index (Phi) is 4.88. The van der Waals surface area contributed by atoms with Crippen LogP contribution in [0.3, 0.4) is 0 Å². The molecule has 0 fully saturated rings. The van der Waals surface area contributed by atoms with Crippen molar-refractivity contribution in [3.8, 4) is 6.07 Å². The second-order valence-electron chi connectivity index (χ2n) is 7.03. The second kappa shape index (κ2) is 7.64. The molecule has 6 nitrogen and oxygen atoms in total. The zero-order valence-electron chi connectivity index (χ0n) is 15.8. The Labute approximate surface area is 168 Å². The molecule has 0 saturated heterocycles. The molecule has 3 N–H and O–H groups in total. The Morgan fingerprint density at radius 2 is 1.72 bits per heavy atom. The lowest BCUT2D eigenvalue weighted by atomic mass is 9.76. The van der Waals surface area contributed by atoms with Crippen molar-refractivity contribution in [2.24, 2.45) is 5.73 Å². The SMILES string of the molecule is N#CC1=C(N)N(NC(=O)c2ccccc2)C2=C(C(=O)CCC2)C1c1ccccc1. The normalized spacial score (nSPS) is 18.9. The van der Waals surface area contributed by atoms with Crippen LogP contribution in [0.2, 0.25) is 0 Å². The Hall–Kier alpha value is -3.85. The summed E-state index contributed by atoms with van der Waals surface area (Å²) in [4.78, 5) is 25.7. The summed E-state index contributed by atoms with van der Waals surface area (Å²) in [5.41, 5.74) is 11.9. The Morgan fingerprint density at radius 3 is 2.38 bits per heavy atom. The van der Waals surface area contributed by atoms with Crippen molar-refractivity contribution in [3.63, 3.8) is 0 Å². The van der Waals surface area contributed by atoms with Crippen molar-refractivity contribution < 1.29 is 9.59 Å². The molecule has 0 radical (unpaired) electrons. The summed E-state index contributed by atoms with van der Waals surface area (Å²) >= 11 is 0. The van der Waals surface area contributed by atoms with E-state index < -0.39 is 5.92 Å². The molecule has 2 aromatic carbocycles. The number of hydrogen-bond donors (Lipinski definition) is 2. The first-order valence-electron chi connectivity index (χ1n) is 9.49. The zero-order chi connectivity index (χ0) is 20.4. The molecule has 2 aromatic rings. The summed E-state index contributed by atoms with van der Waals surface area (Å²) in [5, 5.41) is 11.3. The summed E-state index contributed by atoms with van der Waals surface area (Å²) < 4.78 is 0. The van der Waals surface area contributed by atoms with E-state index in [1.165, 1.54) is 5.01 Å². The van der Waals surface area contributed by atoms with Gasteiger partial charge in [0.2, 0.25) is 0 Å². The Bertz CT molecular complexity index is 1070. The maximum absolute atomic E-state index is 12.9. The van der Waals surface area contributed by atoms with Crippen molar-refractivity contribution >= 4 is 11.7 Å². The largest absolute Gasteiger partial charge is 0.383 e. The average molecular weight is 384 g/mol. The molecular weight excluding hydrogens is 364 g/mol. The van der Waals surface area contributed by atoms with Gasteiger partial charge in [0, 0.05) is 23.3 Å². The number of allylic oxidation sites excluding steroid dienone is 3. The summed E-state index contributed by atoms with van der Waals surface area (Å²) in [7, 11) is 0. The number of carbonyl (C=O) groups excluding carboxylic acids is 2. The summed E-state index contributed by atoms with van der Waals surface area (Å²) in [5.74, 6) is -0.735. The molecule has 1 amide bonds. The number of benzene rings is 2. The smallest absolute Gasteiger partial charge is 0.270 e. The molecule has 2 aliphatic rings. The fraction of sp³-hybridized carbons (Fsp3) is 0.174. The van der Waals surface area contributed by atoms with Gasteiger partial charge in [0.25, 0.3) is 5.91 Å². The third-order valence-electron chi connectivity index (χ3n) is 5.30. The Balaban J connectivity index is 1.81. The van der Waals surface area contributed by atoms with Crippen LogP contribution < -0.4 is 11.2 Å². The maximum atomic E-state index is 12.9. The topological polar surface area (TPSA) is 99.2 Å². The predicted octanol–water partition coefficient (Wildman–Crippen LogP) is 3.13. The zero-order valence-corrected chi connectivity index (χ0v) is 15.8. The number of nitriles is 1. The van der Waals surface area contributed by atoms with E-state index in [4.69, 9.17) is 5.73 Å². The second-order valence-corrected chi connectivity index (χ2v) is 7.03. The molecule has 144 valence electrons. The van der Waals surface area contributed by atoms with Crippen LogP contribution >= 0.6 is 0 Å². The third-order valence-corrected chi connectivity index (χ3v) is 5.30. The number of Topliss-reactive ketones (excluding diaryl/α,β-unsaturated/α-hetero) is 1. The molecule has 1 aliphatic carbocycles. The number of amides is 1. The Morgan fingerprint density at radius 1 is 1.07 bits per heavy atom. The molecule has 0 saturated carbocycles. The van der Waals surface area contributed by atoms with Crippen LogP contribution in [-0.4, -0.2) is 16.7 Å². The molecule has 0 aromatic heterocycles. The number of hydrazine groups is 1. The van der Waals surface area contributed by atoms with Crippen molar-refractivity contribution in [2.75, 3.05) is 0 Å². The highest BCUT2D eigenvalue weighted by Crippen LogP contribution is 2.43. The molecule has 6 heteroatoms. The first-order valence-corrected chi connectivity index (χ1v) is 9.49. The van der Waals surface area contributed by atoms with Gasteiger partial charge < -0.3 is 5.73 Å². The van der Waals surface area contributed by atoms with Crippen LogP contribution in [0.25, 0.3) is 0 Å². The summed E-state index contributed by atoms with van der Waals surface area (Å²) in [6.45, 7) is 0. The van der Waals surface area contributed by atoms with Crippen LogP contribution in [-0.2, 0) is 4.79 Å². The van der Waals surface area contributed by atoms with Crippen LogP contribution in [0.15, 0.2) is 83.3 Å². The fourth-order valence-electron chi connectivity index (χ4n) is 3.95. The van der Waals surface area contributed by atoms with Gasteiger partial charge in [-0.05, 0) is 30.5 Å². The van der Waals surface area contributed by atoms with E-state index in [-0.39, 0.29) is 23.1 Å². The van der Waals surface area contributed by atoms with E-state index in [0.717, 1.165) is 5.56 Å². The first-order chi connectivity index (χ1) is 14.1. The van der Waals surface area contributed by atoms with Crippen molar-refractivity contribution in [1.82, 2.24) is 10.4 Å². The molecule has 1 heterocycles. The van der Waals surface area contributed by atoms with Crippen molar-refractivity contribution in [2.45, 2.75) is 25.2 Å². The van der Waals surface area contributed by atoms with Gasteiger partial charge in [0.15, 0.2) is 5.78 Å². The highest BCUT2D eigenvalue weighted by molar-refractivity contribution is 6.00. The van der Waals surface area contributed by atoms with Gasteiger partial charge in [0.1, 0.15) is 5.82 Å². The highest BCUT2D eigenvalue weighted by Gasteiger charge is 2.40. The lowest BCUT2D eigenvalue weighted by molar-refractivity contribution is -0.116. The molecule has 29 heavy (non-hydrogen) atoms. The quantitative estimate of drug-likeness (QED) is 0.847. The van der Waals surface area contributed by atoms with Crippen LogP contribution in [0.5, 0.6) is 0 Å². The van der Waals surface area contributed by atoms with E-state index in [9.17, 15) is 14.9 Å². The lowest BCUT2D eigenvalue weighted by Gasteiger charge is -2.39.